The minimum absolute atomic E-state index is 0.156. The summed E-state index contributed by atoms with van der Waals surface area (Å²) in [5.74, 6) is -2.72. The summed E-state index contributed by atoms with van der Waals surface area (Å²) in [4.78, 5) is 43.2. The van der Waals surface area contributed by atoms with Crippen LogP contribution >= 0.6 is 11.6 Å². The van der Waals surface area contributed by atoms with Crippen molar-refractivity contribution in [1.82, 2.24) is 10.6 Å². The maximum Gasteiger partial charge on any atom is 0.322 e. The average Bonchev–Trinajstić information content (AvgIpc) is 2.42. The Morgan fingerprint density at radius 2 is 1.90 bits per heavy atom. The first-order valence-corrected chi connectivity index (χ1v) is 5.90. The van der Waals surface area contributed by atoms with Crippen molar-refractivity contribution in [1.29, 1.82) is 0 Å². The number of nitrogens with zero attached hydrogens (tertiary/aromatic N) is 1. The van der Waals surface area contributed by atoms with Crippen molar-refractivity contribution in [2.75, 3.05) is 13.1 Å². The average molecular weight is 316 g/mol. The lowest BCUT2D eigenvalue weighted by Gasteiger charge is -2.07. The van der Waals surface area contributed by atoms with E-state index in [9.17, 15) is 24.5 Å². The number of halogens is 1. The third kappa shape index (κ3) is 4.73. The second-order valence-corrected chi connectivity index (χ2v) is 4.13. The second kappa shape index (κ2) is 7.20. The predicted molar refractivity (Wildman–Crippen MR) is 71.1 cm³/mol. The van der Waals surface area contributed by atoms with E-state index in [-0.39, 0.29) is 10.6 Å². The molecule has 0 fully saturated rings. The Labute approximate surface area is 123 Å². The van der Waals surface area contributed by atoms with Crippen molar-refractivity contribution >= 4 is 35.1 Å². The van der Waals surface area contributed by atoms with Gasteiger partial charge in [-0.2, -0.15) is 0 Å². The van der Waals surface area contributed by atoms with E-state index in [4.69, 9.17) is 16.7 Å². The van der Waals surface area contributed by atoms with Gasteiger partial charge in [0.2, 0.25) is 5.91 Å². The summed E-state index contributed by atoms with van der Waals surface area (Å²) in [6.45, 7) is -1.06. The number of amides is 2. The Morgan fingerprint density at radius 3 is 2.48 bits per heavy atom. The minimum Gasteiger partial charge on any atom is -0.480 e. The van der Waals surface area contributed by atoms with Crippen molar-refractivity contribution in [3.63, 3.8) is 0 Å². The van der Waals surface area contributed by atoms with Gasteiger partial charge in [0, 0.05) is 6.07 Å². The van der Waals surface area contributed by atoms with Crippen LogP contribution in [0, 0.1) is 10.1 Å². The number of hydrogen-bond donors (Lipinski definition) is 3. The van der Waals surface area contributed by atoms with Crippen molar-refractivity contribution in [3.05, 3.63) is 38.9 Å². The Bertz CT molecular complexity index is 604. The maximum absolute atomic E-state index is 11.8. The Hall–Kier alpha value is -2.68. The molecule has 10 heteroatoms. The fourth-order valence-electron chi connectivity index (χ4n) is 1.33. The Balaban J connectivity index is 2.68. The normalized spacial score (nSPS) is 9.76. The summed E-state index contributed by atoms with van der Waals surface area (Å²) < 4.78 is 0. The number of carbonyl (C=O) groups is 3. The zero-order valence-electron chi connectivity index (χ0n) is 10.5. The van der Waals surface area contributed by atoms with Crippen LogP contribution < -0.4 is 10.6 Å². The van der Waals surface area contributed by atoms with Gasteiger partial charge in [0.25, 0.3) is 11.6 Å². The number of nitro benzene ring substituents is 1. The highest BCUT2D eigenvalue weighted by Crippen LogP contribution is 2.27. The molecule has 3 N–H and O–H groups in total. The number of nitro groups is 1. The predicted octanol–water partition coefficient (Wildman–Crippen LogP) is 0.179. The van der Waals surface area contributed by atoms with Crippen molar-refractivity contribution in [2.24, 2.45) is 0 Å². The lowest BCUT2D eigenvalue weighted by atomic mass is 10.2. The first kappa shape index (κ1) is 16.4. The molecular weight excluding hydrogens is 306 g/mol. The molecule has 0 aliphatic rings. The molecule has 0 heterocycles. The molecule has 0 bridgehead atoms. The molecule has 2 amide bonds. The van der Waals surface area contributed by atoms with Crippen molar-refractivity contribution in [3.8, 4) is 0 Å². The van der Waals surface area contributed by atoms with E-state index < -0.39 is 41.5 Å². The number of nitrogens with one attached hydrogen (secondary N) is 2. The highest BCUT2D eigenvalue weighted by atomic mass is 35.5. The lowest BCUT2D eigenvalue weighted by Crippen LogP contribution is -2.39. The molecule has 0 aliphatic heterocycles. The molecule has 0 radical (unpaired) electrons. The molecule has 0 aliphatic carbocycles. The molecule has 0 spiro atoms. The third-order valence-electron chi connectivity index (χ3n) is 2.27. The van der Waals surface area contributed by atoms with E-state index in [2.05, 4.69) is 5.32 Å². The number of carboxylic acids is 1. The standard InChI is InChI=1S/C11H10ClN3O6/c12-10-6(2-1-3-7(10)15(20)21)11(19)14-4-8(16)13-5-9(17)18/h1-3H,4-5H2,(H,13,16)(H,14,19)(H,17,18). The summed E-state index contributed by atoms with van der Waals surface area (Å²) in [5, 5.41) is 22.9. The fourth-order valence-corrected chi connectivity index (χ4v) is 1.61. The van der Waals surface area contributed by atoms with Crippen LogP contribution in [-0.2, 0) is 9.59 Å². The summed E-state index contributed by atoms with van der Waals surface area (Å²) in [7, 11) is 0. The molecule has 0 saturated carbocycles. The highest BCUT2D eigenvalue weighted by molar-refractivity contribution is 6.35. The Morgan fingerprint density at radius 1 is 1.24 bits per heavy atom. The summed E-state index contributed by atoms with van der Waals surface area (Å²) in [5.41, 5.74) is -0.587. The third-order valence-corrected chi connectivity index (χ3v) is 2.66. The van der Waals surface area contributed by atoms with E-state index in [1.165, 1.54) is 12.1 Å². The van der Waals surface area contributed by atoms with Gasteiger partial charge in [-0.25, -0.2) is 0 Å². The quantitative estimate of drug-likeness (QED) is 0.505. The molecule has 1 rings (SSSR count). The molecule has 112 valence electrons. The number of rotatable bonds is 6. The summed E-state index contributed by atoms with van der Waals surface area (Å²) in [6, 6.07) is 3.68. The van der Waals surface area contributed by atoms with E-state index in [1.54, 1.807) is 0 Å². The van der Waals surface area contributed by atoms with Crippen LogP contribution in [0.1, 0.15) is 10.4 Å². The van der Waals surface area contributed by atoms with Crippen molar-refractivity contribution < 1.29 is 24.4 Å². The topological polar surface area (TPSA) is 139 Å². The number of carbonyl (C=O) groups excluding carboxylic acids is 2. The smallest absolute Gasteiger partial charge is 0.322 e. The van der Waals surface area contributed by atoms with E-state index >= 15 is 0 Å². The van der Waals surface area contributed by atoms with Crippen molar-refractivity contribution in [2.45, 2.75) is 0 Å². The molecule has 0 unspecified atom stereocenters. The van der Waals surface area contributed by atoms with Gasteiger partial charge in [-0.05, 0) is 6.07 Å². The van der Waals surface area contributed by atoms with E-state index in [1.807, 2.05) is 5.32 Å². The van der Waals surface area contributed by atoms with Crippen LogP contribution in [0.4, 0.5) is 5.69 Å². The zero-order valence-corrected chi connectivity index (χ0v) is 11.2. The molecule has 1 aromatic rings. The summed E-state index contributed by atoms with van der Waals surface area (Å²) in [6.07, 6.45) is 0. The lowest BCUT2D eigenvalue weighted by molar-refractivity contribution is -0.384. The number of hydrogen-bond acceptors (Lipinski definition) is 5. The molecule has 0 saturated heterocycles. The second-order valence-electron chi connectivity index (χ2n) is 3.75. The Kier molecular flexibility index (Phi) is 5.61. The van der Waals surface area contributed by atoms with Gasteiger partial charge in [0.15, 0.2) is 0 Å². The fraction of sp³-hybridized carbons (Fsp3) is 0.182. The molecule has 1 aromatic carbocycles. The largest absolute Gasteiger partial charge is 0.480 e. The first-order chi connectivity index (χ1) is 9.82. The molecule has 0 aromatic heterocycles. The maximum atomic E-state index is 11.8. The van der Waals surface area contributed by atoms with Gasteiger partial charge in [0.05, 0.1) is 17.0 Å². The highest BCUT2D eigenvalue weighted by Gasteiger charge is 2.20. The van der Waals surface area contributed by atoms with Gasteiger partial charge in [-0.1, -0.05) is 17.7 Å². The van der Waals surface area contributed by atoms with Gasteiger partial charge < -0.3 is 15.7 Å². The number of benzene rings is 1. The first-order valence-electron chi connectivity index (χ1n) is 5.52. The van der Waals surface area contributed by atoms with Crippen LogP contribution in [0.15, 0.2) is 18.2 Å². The van der Waals surface area contributed by atoms with Crippen LogP contribution in [0.3, 0.4) is 0 Å². The monoisotopic (exact) mass is 315 g/mol. The summed E-state index contributed by atoms with van der Waals surface area (Å²) >= 11 is 5.74. The molecule has 21 heavy (non-hydrogen) atoms. The van der Waals surface area contributed by atoms with E-state index in [0.29, 0.717) is 0 Å². The minimum atomic E-state index is -1.23. The number of carboxylic acid groups (broad SMARTS) is 1. The van der Waals surface area contributed by atoms with Gasteiger partial charge >= 0.3 is 5.97 Å². The van der Waals surface area contributed by atoms with Crippen LogP contribution in [0.5, 0.6) is 0 Å². The van der Waals surface area contributed by atoms with Crippen LogP contribution in [0.25, 0.3) is 0 Å². The van der Waals surface area contributed by atoms with Gasteiger partial charge in [0.1, 0.15) is 11.6 Å². The molecule has 0 atom stereocenters. The van der Waals surface area contributed by atoms with Crippen LogP contribution in [0.2, 0.25) is 5.02 Å². The molecule has 9 nitrogen and oxygen atoms in total. The van der Waals surface area contributed by atoms with Gasteiger partial charge in [-0.3, -0.25) is 24.5 Å². The van der Waals surface area contributed by atoms with Gasteiger partial charge in [-0.15, -0.1) is 0 Å². The van der Waals surface area contributed by atoms with Crippen LogP contribution in [-0.4, -0.2) is 40.9 Å². The zero-order chi connectivity index (χ0) is 16.0. The molecular formula is C11H10ClN3O6. The SMILES string of the molecule is O=C(O)CNC(=O)CNC(=O)c1cccc([N+](=O)[O-])c1Cl. The van der Waals surface area contributed by atoms with E-state index in [0.717, 1.165) is 6.07 Å². The number of aliphatic carboxylic acids is 1.